The lowest BCUT2D eigenvalue weighted by Gasteiger charge is -1.95. The first kappa shape index (κ1) is 11.6. The lowest BCUT2D eigenvalue weighted by molar-refractivity contribution is 0.619. The van der Waals surface area contributed by atoms with Gasteiger partial charge in [0.05, 0.1) is 0 Å². The van der Waals surface area contributed by atoms with Gasteiger partial charge >= 0.3 is 0 Å². The van der Waals surface area contributed by atoms with E-state index in [-0.39, 0.29) is 0 Å². The highest BCUT2D eigenvalue weighted by Gasteiger charge is 2.11. The Bertz CT molecular complexity index is 1100. The highest BCUT2D eigenvalue weighted by molar-refractivity contribution is 6.05. The molecule has 3 nitrogen and oxygen atoms in total. The van der Waals surface area contributed by atoms with Crippen LogP contribution in [0, 0.1) is 6.07 Å². The van der Waals surface area contributed by atoms with Crippen LogP contribution in [0.4, 0.5) is 0 Å². The Morgan fingerprint density at radius 2 is 1.73 bits per heavy atom. The van der Waals surface area contributed by atoms with Crippen molar-refractivity contribution in [3.63, 3.8) is 0 Å². The summed E-state index contributed by atoms with van der Waals surface area (Å²) in [6.45, 7) is 0. The molecule has 5 rings (SSSR count). The molecule has 0 unspecified atom stereocenters. The fourth-order valence-electron chi connectivity index (χ4n) is 2.80. The zero-order valence-corrected chi connectivity index (χ0v) is 11.5. The Balaban J connectivity index is 1.75. The SMILES string of the molecule is [c]1ccc2c(c1)oc1cc(-c3nc4ccccc4o3)ccc12. The number of hydrogen-bond donors (Lipinski definition) is 0. The van der Waals surface area contributed by atoms with E-state index in [1.807, 2.05) is 60.7 Å². The van der Waals surface area contributed by atoms with E-state index in [2.05, 4.69) is 11.1 Å². The quantitative estimate of drug-likeness (QED) is 0.425. The molecule has 1 radical (unpaired) electrons. The molecule has 0 aliphatic rings. The number of rotatable bonds is 1. The topological polar surface area (TPSA) is 39.2 Å². The van der Waals surface area contributed by atoms with Crippen molar-refractivity contribution in [3.8, 4) is 11.5 Å². The number of benzene rings is 3. The van der Waals surface area contributed by atoms with Gasteiger partial charge in [0, 0.05) is 16.3 Å². The number of oxazole rings is 1. The second-order valence-electron chi connectivity index (χ2n) is 5.22. The second-order valence-corrected chi connectivity index (χ2v) is 5.22. The predicted molar refractivity (Wildman–Crippen MR) is 85.6 cm³/mol. The van der Waals surface area contributed by atoms with Crippen LogP contribution >= 0.6 is 0 Å². The Labute approximate surface area is 125 Å². The van der Waals surface area contributed by atoms with Gasteiger partial charge in [0.15, 0.2) is 5.58 Å². The summed E-state index contributed by atoms with van der Waals surface area (Å²) in [6, 6.07) is 22.6. The van der Waals surface area contributed by atoms with Gasteiger partial charge in [0.1, 0.15) is 16.7 Å². The molecule has 0 amide bonds. The summed E-state index contributed by atoms with van der Waals surface area (Å²) in [4.78, 5) is 4.53. The number of furan rings is 1. The average molecular weight is 284 g/mol. The van der Waals surface area contributed by atoms with E-state index in [1.165, 1.54) is 0 Å². The van der Waals surface area contributed by atoms with Crippen LogP contribution in [0.3, 0.4) is 0 Å². The molecule has 5 aromatic rings. The maximum absolute atomic E-state index is 5.89. The third-order valence-corrected chi connectivity index (χ3v) is 3.86. The van der Waals surface area contributed by atoms with E-state index in [9.17, 15) is 0 Å². The average Bonchev–Trinajstić information content (AvgIpc) is 3.15. The smallest absolute Gasteiger partial charge is 0.227 e. The lowest BCUT2D eigenvalue weighted by Crippen LogP contribution is -1.76. The Kier molecular flexibility index (Phi) is 2.22. The molecule has 0 saturated carbocycles. The molecule has 0 fully saturated rings. The van der Waals surface area contributed by atoms with E-state index in [1.54, 1.807) is 0 Å². The summed E-state index contributed by atoms with van der Waals surface area (Å²) >= 11 is 0. The fourth-order valence-corrected chi connectivity index (χ4v) is 2.80. The minimum atomic E-state index is 0.607. The molecule has 0 atom stereocenters. The number of fused-ring (bicyclic) bond motifs is 4. The third kappa shape index (κ3) is 1.59. The van der Waals surface area contributed by atoms with Gasteiger partial charge in [-0.15, -0.1) is 0 Å². The van der Waals surface area contributed by atoms with Crippen LogP contribution in [0.15, 0.2) is 69.5 Å². The van der Waals surface area contributed by atoms with Crippen molar-refractivity contribution < 1.29 is 8.83 Å². The van der Waals surface area contributed by atoms with E-state index in [4.69, 9.17) is 8.83 Å². The van der Waals surface area contributed by atoms with Gasteiger partial charge in [-0.05, 0) is 48.5 Å². The Morgan fingerprint density at radius 1 is 0.818 bits per heavy atom. The second kappa shape index (κ2) is 4.21. The zero-order valence-electron chi connectivity index (χ0n) is 11.5. The summed E-state index contributed by atoms with van der Waals surface area (Å²) < 4.78 is 11.7. The molecule has 3 aromatic carbocycles. The Hall–Kier alpha value is -3.07. The molecular formula is C19H10NO2. The van der Waals surface area contributed by atoms with Crippen molar-refractivity contribution in [1.29, 1.82) is 0 Å². The van der Waals surface area contributed by atoms with E-state index < -0.39 is 0 Å². The van der Waals surface area contributed by atoms with Crippen molar-refractivity contribution in [1.82, 2.24) is 4.98 Å². The van der Waals surface area contributed by atoms with Gasteiger partial charge in [-0.1, -0.05) is 18.2 Å². The molecule has 0 saturated heterocycles. The number of hydrogen-bond acceptors (Lipinski definition) is 3. The first-order valence-corrected chi connectivity index (χ1v) is 7.07. The molecule has 3 heteroatoms. The molecule has 22 heavy (non-hydrogen) atoms. The van der Waals surface area contributed by atoms with Gasteiger partial charge < -0.3 is 8.83 Å². The van der Waals surface area contributed by atoms with Gasteiger partial charge in [-0.3, -0.25) is 0 Å². The first-order valence-electron chi connectivity index (χ1n) is 7.07. The normalized spacial score (nSPS) is 11.6. The van der Waals surface area contributed by atoms with Gasteiger partial charge in [-0.2, -0.15) is 0 Å². The van der Waals surface area contributed by atoms with Crippen LogP contribution in [0.5, 0.6) is 0 Å². The molecule has 0 N–H and O–H groups in total. The minimum Gasteiger partial charge on any atom is -0.456 e. The van der Waals surface area contributed by atoms with Crippen molar-refractivity contribution in [2.75, 3.05) is 0 Å². The summed E-state index contributed by atoms with van der Waals surface area (Å²) in [5.41, 5.74) is 4.22. The van der Waals surface area contributed by atoms with Crippen LogP contribution < -0.4 is 0 Å². The molecule has 0 bridgehead atoms. The van der Waals surface area contributed by atoms with Crippen molar-refractivity contribution in [2.24, 2.45) is 0 Å². The van der Waals surface area contributed by atoms with Crippen LogP contribution in [0.1, 0.15) is 0 Å². The molecular weight excluding hydrogens is 274 g/mol. The number of para-hydroxylation sites is 2. The van der Waals surface area contributed by atoms with E-state index in [0.717, 1.165) is 38.6 Å². The van der Waals surface area contributed by atoms with Gasteiger partial charge in [0.2, 0.25) is 5.89 Å². The van der Waals surface area contributed by atoms with Gasteiger partial charge in [0.25, 0.3) is 0 Å². The van der Waals surface area contributed by atoms with Crippen LogP contribution in [0.2, 0.25) is 0 Å². The number of aromatic nitrogens is 1. The van der Waals surface area contributed by atoms with Crippen LogP contribution in [0.25, 0.3) is 44.5 Å². The maximum Gasteiger partial charge on any atom is 0.227 e. The standard InChI is InChI=1S/C19H10NO2/c1-3-7-16-13(5-1)14-10-9-12(11-18(14)21-16)19-20-15-6-2-4-8-17(15)22-19/h1-2,4-11H. The highest BCUT2D eigenvalue weighted by Crippen LogP contribution is 2.32. The summed E-state index contributed by atoms with van der Waals surface area (Å²) in [5, 5.41) is 2.18. The number of nitrogens with zero attached hydrogens (tertiary/aromatic N) is 1. The molecule has 2 aromatic heterocycles. The minimum absolute atomic E-state index is 0.607. The predicted octanol–water partition coefficient (Wildman–Crippen LogP) is 5.19. The van der Waals surface area contributed by atoms with E-state index >= 15 is 0 Å². The van der Waals surface area contributed by atoms with Crippen LogP contribution in [-0.4, -0.2) is 4.98 Å². The monoisotopic (exact) mass is 284 g/mol. The largest absolute Gasteiger partial charge is 0.456 e. The fraction of sp³-hybridized carbons (Fsp3) is 0. The highest BCUT2D eigenvalue weighted by atomic mass is 16.3. The molecule has 0 spiro atoms. The molecule has 0 aliphatic carbocycles. The Morgan fingerprint density at radius 3 is 2.68 bits per heavy atom. The lowest BCUT2D eigenvalue weighted by atomic mass is 10.1. The van der Waals surface area contributed by atoms with Crippen molar-refractivity contribution in [3.05, 3.63) is 66.7 Å². The van der Waals surface area contributed by atoms with E-state index in [0.29, 0.717) is 5.89 Å². The van der Waals surface area contributed by atoms with Crippen LogP contribution in [-0.2, 0) is 0 Å². The molecule has 103 valence electrons. The zero-order chi connectivity index (χ0) is 14.5. The third-order valence-electron chi connectivity index (χ3n) is 3.86. The van der Waals surface area contributed by atoms with Crippen molar-refractivity contribution >= 4 is 33.0 Å². The summed E-state index contributed by atoms with van der Waals surface area (Å²) in [5.74, 6) is 0.607. The maximum atomic E-state index is 5.89. The molecule has 2 heterocycles. The summed E-state index contributed by atoms with van der Waals surface area (Å²) in [6.07, 6.45) is 0. The molecule has 0 aliphatic heterocycles. The van der Waals surface area contributed by atoms with Crippen molar-refractivity contribution in [2.45, 2.75) is 0 Å². The first-order chi connectivity index (χ1) is 10.9. The summed E-state index contributed by atoms with van der Waals surface area (Å²) in [7, 11) is 0. The van der Waals surface area contributed by atoms with Gasteiger partial charge in [-0.25, -0.2) is 4.98 Å².